The second-order valence-corrected chi connectivity index (χ2v) is 2.20. The minimum Gasteiger partial charge on any atom is -0.483 e. The molecule has 0 fully saturated rings. The smallest absolute Gasteiger partial charge is 0.290 e. The number of aromatic nitrogens is 4. The highest BCUT2D eigenvalue weighted by Crippen LogP contribution is 2.10. The maximum Gasteiger partial charge on any atom is 0.290 e. The lowest BCUT2D eigenvalue weighted by molar-refractivity contribution is -0.122. The van der Waals surface area contributed by atoms with Crippen molar-refractivity contribution in [1.82, 2.24) is 20.4 Å². The van der Waals surface area contributed by atoms with E-state index in [4.69, 9.17) is 9.90 Å². The van der Waals surface area contributed by atoms with Crippen LogP contribution in [0.15, 0.2) is 30.6 Å². The molecule has 2 N–H and O–H groups in total. The summed E-state index contributed by atoms with van der Waals surface area (Å²) in [6.07, 6.45) is 3.46. The van der Waals surface area contributed by atoms with E-state index in [-0.39, 0.29) is 6.47 Å². The van der Waals surface area contributed by atoms with Crippen molar-refractivity contribution in [2.75, 3.05) is 0 Å². The third-order valence-corrected chi connectivity index (χ3v) is 1.38. The van der Waals surface area contributed by atoms with Gasteiger partial charge in [0.1, 0.15) is 5.69 Å². The standard InChI is InChI=1S/C7H6N4.CH2O2/c1-2-6(8-4-1)7-3-5-9-11-10-7;2-1-3/h1-5,8H;1H,(H,2,3). The van der Waals surface area contributed by atoms with Gasteiger partial charge in [0.25, 0.3) is 6.47 Å². The number of carbonyl (C=O) groups is 1. The molecule has 2 heterocycles. The molecule has 0 atom stereocenters. The van der Waals surface area contributed by atoms with Crippen LogP contribution in [0.3, 0.4) is 0 Å². The number of rotatable bonds is 1. The zero-order chi connectivity index (χ0) is 10.2. The van der Waals surface area contributed by atoms with Gasteiger partial charge in [0, 0.05) is 6.20 Å². The van der Waals surface area contributed by atoms with Gasteiger partial charge in [0.05, 0.1) is 11.9 Å². The molecule has 14 heavy (non-hydrogen) atoms. The molecule has 6 heteroatoms. The molecule has 6 nitrogen and oxygen atoms in total. The topological polar surface area (TPSA) is 91.8 Å². The number of hydrogen-bond donors (Lipinski definition) is 2. The van der Waals surface area contributed by atoms with Crippen molar-refractivity contribution in [1.29, 1.82) is 0 Å². The van der Waals surface area contributed by atoms with Gasteiger partial charge in [-0.15, -0.1) is 10.2 Å². The normalized spacial score (nSPS) is 8.57. The number of hydrogen-bond acceptors (Lipinski definition) is 4. The molecule has 0 amide bonds. The molecular formula is C8H8N4O2. The number of H-pyrrole nitrogens is 1. The summed E-state index contributed by atoms with van der Waals surface area (Å²) in [6.45, 7) is -0.250. The van der Waals surface area contributed by atoms with Gasteiger partial charge < -0.3 is 10.1 Å². The highest BCUT2D eigenvalue weighted by atomic mass is 16.3. The van der Waals surface area contributed by atoms with E-state index in [0.717, 1.165) is 11.4 Å². The summed E-state index contributed by atoms with van der Waals surface area (Å²) in [5.74, 6) is 0. The summed E-state index contributed by atoms with van der Waals surface area (Å²) >= 11 is 0. The molecule has 0 unspecified atom stereocenters. The molecule has 0 aromatic carbocycles. The fourth-order valence-corrected chi connectivity index (χ4v) is 0.874. The summed E-state index contributed by atoms with van der Waals surface area (Å²) in [6, 6.07) is 5.65. The molecule has 72 valence electrons. The molecule has 2 rings (SSSR count). The number of nitrogens with one attached hydrogen (secondary N) is 1. The Morgan fingerprint density at radius 2 is 2.21 bits per heavy atom. The first-order valence-electron chi connectivity index (χ1n) is 3.74. The minimum absolute atomic E-state index is 0.250. The maximum atomic E-state index is 8.36. The van der Waals surface area contributed by atoms with Crippen LogP contribution in [0.25, 0.3) is 11.4 Å². The average molecular weight is 192 g/mol. The Labute approximate surface area is 79.6 Å². The molecule has 0 radical (unpaired) electrons. The third-order valence-electron chi connectivity index (χ3n) is 1.38. The zero-order valence-corrected chi connectivity index (χ0v) is 7.16. The Morgan fingerprint density at radius 1 is 1.43 bits per heavy atom. The van der Waals surface area contributed by atoms with Gasteiger partial charge in [0.2, 0.25) is 0 Å². The van der Waals surface area contributed by atoms with E-state index in [2.05, 4.69) is 20.4 Å². The Bertz CT molecular complexity index is 360. The van der Waals surface area contributed by atoms with Gasteiger partial charge in [-0.3, -0.25) is 4.79 Å². The molecule has 0 aliphatic heterocycles. The van der Waals surface area contributed by atoms with Crippen LogP contribution in [0.1, 0.15) is 0 Å². The Hall–Kier alpha value is -2.24. The molecule has 0 aliphatic carbocycles. The highest BCUT2D eigenvalue weighted by Gasteiger charge is 1.96. The Morgan fingerprint density at radius 3 is 2.71 bits per heavy atom. The van der Waals surface area contributed by atoms with Crippen molar-refractivity contribution in [2.45, 2.75) is 0 Å². The lowest BCUT2D eigenvalue weighted by atomic mass is 10.3. The maximum absolute atomic E-state index is 8.36. The summed E-state index contributed by atoms with van der Waals surface area (Å²) in [4.78, 5) is 11.4. The van der Waals surface area contributed by atoms with Gasteiger partial charge in [-0.2, -0.15) is 0 Å². The molecule has 0 saturated heterocycles. The largest absolute Gasteiger partial charge is 0.483 e. The van der Waals surface area contributed by atoms with Gasteiger partial charge in [-0.25, -0.2) is 0 Å². The van der Waals surface area contributed by atoms with Crippen LogP contribution in [0.5, 0.6) is 0 Å². The van der Waals surface area contributed by atoms with E-state index < -0.39 is 0 Å². The van der Waals surface area contributed by atoms with E-state index in [0.29, 0.717) is 0 Å². The van der Waals surface area contributed by atoms with Crippen LogP contribution in [0, 0.1) is 0 Å². The minimum atomic E-state index is -0.250. The van der Waals surface area contributed by atoms with Crippen molar-refractivity contribution in [3.63, 3.8) is 0 Å². The second kappa shape index (κ2) is 5.41. The predicted octanol–water partition coefficient (Wildman–Crippen LogP) is 0.567. The predicted molar refractivity (Wildman–Crippen MR) is 48.3 cm³/mol. The first-order valence-corrected chi connectivity index (χ1v) is 3.74. The van der Waals surface area contributed by atoms with Crippen molar-refractivity contribution in [2.24, 2.45) is 0 Å². The van der Waals surface area contributed by atoms with Crippen molar-refractivity contribution in [3.8, 4) is 11.4 Å². The lowest BCUT2D eigenvalue weighted by Crippen LogP contribution is -1.88. The third kappa shape index (κ3) is 2.67. The van der Waals surface area contributed by atoms with Crippen LogP contribution in [0.2, 0.25) is 0 Å². The quantitative estimate of drug-likeness (QED) is 0.644. The molecule has 0 aliphatic rings. The van der Waals surface area contributed by atoms with Crippen LogP contribution in [0.4, 0.5) is 0 Å². The van der Waals surface area contributed by atoms with Gasteiger partial charge >= 0.3 is 0 Å². The summed E-state index contributed by atoms with van der Waals surface area (Å²) < 4.78 is 0. The van der Waals surface area contributed by atoms with Gasteiger partial charge in [0.15, 0.2) is 0 Å². The average Bonchev–Trinajstić information content (AvgIpc) is 2.73. The highest BCUT2D eigenvalue weighted by molar-refractivity contribution is 5.52. The van der Waals surface area contributed by atoms with Crippen LogP contribution >= 0.6 is 0 Å². The first kappa shape index (κ1) is 9.85. The van der Waals surface area contributed by atoms with Gasteiger partial charge in [-0.1, -0.05) is 0 Å². The Balaban J connectivity index is 0.000000293. The fourth-order valence-electron chi connectivity index (χ4n) is 0.874. The Kier molecular flexibility index (Phi) is 3.81. The summed E-state index contributed by atoms with van der Waals surface area (Å²) in [5, 5.41) is 17.8. The molecule has 0 bridgehead atoms. The number of nitrogens with zero attached hydrogens (tertiary/aromatic N) is 3. The summed E-state index contributed by atoms with van der Waals surface area (Å²) in [7, 11) is 0. The molecule has 2 aromatic rings. The van der Waals surface area contributed by atoms with Crippen molar-refractivity contribution in [3.05, 3.63) is 30.6 Å². The van der Waals surface area contributed by atoms with E-state index in [1.807, 2.05) is 18.3 Å². The fraction of sp³-hybridized carbons (Fsp3) is 0. The zero-order valence-electron chi connectivity index (χ0n) is 7.16. The molecule has 0 saturated carbocycles. The van der Waals surface area contributed by atoms with Crippen molar-refractivity contribution >= 4 is 6.47 Å². The number of aromatic amines is 1. The second-order valence-electron chi connectivity index (χ2n) is 2.20. The number of carboxylic acid groups (broad SMARTS) is 1. The summed E-state index contributed by atoms with van der Waals surface area (Å²) in [5.41, 5.74) is 1.77. The van der Waals surface area contributed by atoms with Crippen LogP contribution < -0.4 is 0 Å². The monoisotopic (exact) mass is 192 g/mol. The van der Waals surface area contributed by atoms with E-state index in [1.165, 1.54) is 0 Å². The van der Waals surface area contributed by atoms with Crippen LogP contribution in [-0.2, 0) is 4.79 Å². The van der Waals surface area contributed by atoms with E-state index in [1.54, 1.807) is 12.3 Å². The van der Waals surface area contributed by atoms with E-state index >= 15 is 0 Å². The first-order chi connectivity index (χ1) is 6.88. The van der Waals surface area contributed by atoms with Crippen LogP contribution in [-0.4, -0.2) is 32.0 Å². The van der Waals surface area contributed by atoms with E-state index in [9.17, 15) is 0 Å². The molecule has 0 spiro atoms. The molecule has 2 aromatic heterocycles. The van der Waals surface area contributed by atoms with Gasteiger partial charge in [-0.05, 0) is 23.4 Å². The van der Waals surface area contributed by atoms with Crippen molar-refractivity contribution < 1.29 is 9.90 Å². The SMILES string of the molecule is O=CO.c1c[nH]c(-c2ccnnn2)c1. The lowest BCUT2D eigenvalue weighted by Gasteiger charge is -1.90. The molecular weight excluding hydrogens is 184 g/mol.